The van der Waals surface area contributed by atoms with Crippen LogP contribution in [0.1, 0.15) is 25.3 Å². The summed E-state index contributed by atoms with van der Waals surface area (Å²) < 4.78 is 0. The number of benzene rings is 1. The van der Waals surface area contributed by atoms with Crippen LogP contribution < -0.4 is 4.90 Å². The molecule has 0 aliphatic carbocycles. The first kappa shape index (κ1) is 7.66. The Morgan fingerprint density at radius 3 is 2.50 bits per heavy atom. The van der Waals surface area contributed by atoms with Crippen molar-refractivity contribution in [3.05, 3.63) is 29.8 Å². The number of nitrogens with zero attached hydrogens (tertiary/aromatic N) is 1. The first-order valence-electron chi connectivity index (χ1n) is 4.53. The second kappa shape index (κ2) is 2.51. The summed E-state index contributed by atoms with van der Waals surface area (Å²) in [7, 11) is 2.17. The minimum atomic E-state index is 0.641. The normalized spacial score (nSPS) is 27.4. The van der Waals surface area contributed by atoms with E-state index in [1.807, 2.05) is 0 Å². The Kier molecular flexibility index (Phi) is 1.60. The number of para-hydroxylation sites is 1. The second-order valence-electron chi connectivity index (χ2n) is 3.70. The Labute approximate surface area is 74.0 Å². The molecule has 2 atom stereocenters. The molecule has 1 heteroatoms. The lowest BCUT2D eigenvalue weighted by atomic mass is 9.99. The molecule has 0 spiro atoms. The molecule has 1 aliphatic heterocycles. The summed E-state index contributed by atoms with van der Waals surface area (Å²) in [5.41, 5.74) is 2.89. The lowest BCUT2D eigenvalue weighted by Gasteiger charge is -2.20. The lowest BCUT2D eigenvalue weighted by Crippen LogP contribution is -2.25. The number of likely N-dealkylation sites (N-methyl/N-ethyl adjacent to an activating group) is 1. The van der Waals surface area contributed by atoms with Crippen LogP contribution >= 0.6 is 0 Å². The number of rotatable bonds is 0. The monoisotopic (exact) mass is 161 g/mol. The van der Waals surface area contributed by atoms with Gasteiger partial charge in [0.15, 0.2) is 0 Å². The molecule has 0 saturated carbocycles. The van der Waals surface area contributed by atoms with Gasteiger partial charge < -0.3 is 4.90 Å². The Morgan fingerprint density at radius 1 is 1.17 bits per heavy atom. The standard InChI is InChI=1S/C11H15N/c1-8-9(2)12(3)11-7-5-4-6-10(8)11/h4-9H,1-3H3. The van der Waals surface area contributed by atoms with Gasteiger partial charge in [0.25, 0.3) is 0 Å². The molecule has 0 aromatic heterocycles. The topological polar surface area (TPSA) is 3.24 Å². The average molecular weight is 161 g/mol. The summed E-state index contributed by atoms with van der Waals surface area (Å²) in [4.78, 5) is 2.36. The van der Waals surface area contributed by atoms with Crippen LogP contribution in [0.2, 0.25) is 0 Å². The quantitative estimate of drug-likeness (QED) is 0.565. The lowest BCUT2D eigenvalue weighted by molar-refractivity contribution is 0.626. The van der Waals surface area contributed by atoms with Crippen LogP contribution in [0, 0.1) is 0 Å². The molecule has 1 aliphatic rings. The highest BCUT2D eigenvalue weighted by atomic mass is 15.2. The number of hydrogen-bond donors (Lipinski definition) is 0. The predicted molar refractivity (Wildman–Crippen MR) is 52.7 cm³/mol. The van der Waals surface area contributed by atoms with E-state index in [9.17, 15) is 0 Å². The maximum absolute atomic E-state index is 2.36. The molecule has 0 fully saturated rings. The van der Waals surface area contributed by atoms with Crippen molar-refractivity contribution in [2.45, 2.75) is 25.8 Å². The zero-order valence-electron chi connectivity index (χ0n) is 7.91. The largest absolute Gasteiger partial charge is 0.371 e. The summed E-state index contributed by atoms with van der Waals surface area (Å²) in [5.74, 6) is 0.672. The molecule has 64 valence electrons. The summed E-state index contributed by atoms with van der Waals surface area (Å²) in [5, 5.41) is 0. The van der Waals surface area contributed by atoms with E-state index in [0.29, 0.717) is 12.0 Å². The average Bonchev–Trinajstić information content (AvgIpc) is 2.33. The SMILES string of the molecule is CC1c2ccccc2N(C)C1C. The van der Waals surface area contributed by atoms with E-state index in [1.165, 1.54) is 11.3 Å². The minimum absolute atomic E-state index is 0.641. The number of fused-ring (bicyclic) bond motifs is 1. The van der Waals surface area contributed by atoms with Gasteiger partial charge in [0, 0.05) is 24.7 Å². The number of anilines is 1. The third kappa shape index (κ3) is 0.857. The van der Waals surface area contributed by atoms with Gasteiger partial charge >= 0.3 is 0 Å². The molecule has 1 aromatic rings. The van der Waals surface area contributed by atoms with Gasteiger partial charge in [0.1, 0.15) is 0 Å². The maximum Gasteiger partial charge on any atom is 0.0402 e. The van der Waals surface area contributed by atoms with Crippen molar-refractivity contribution in [2.75, 3.05) is 11.9 Å². The van der Waals surface area contributed by atoms with E-state index in [0.717, 1.165) is 0 Å². The van der Waals surface area contributed by atoms with Gasteiger partial charge in [-0.1, -0.05) is 25.1 Å². The smallest absolute Gasteiger partial charge is 0.0402 e. The molecule has 1 heterocycles. The van der Waals surface area contributed by atoms with Crippen molar-refractivity contribution in [3.63, 3.8) is 0 Å². The predicted octanol–water partition coefficient (Wildman–Crippen LogP) is 2.63. The van der Waals surface area contributed by atoms with Crippen LogP contribution in [0.15, 0.2) is 24.3 Å². The Morgan fingerprint density at radius 2 is 1.83 bits per heavy atom. The molecule has 0 saturated heterocycles. The van der Waals surface area contributed by atoms with E-state index in [2.05, 4.69) is 50.1 Å². The zero-order valence-corrected chi connectivity index (χ0v) is 7.91. The third-order valence-electron chi connectivity index (χ3n) is 3.14. The zero-order chi connectivity index (χ0) is 8.72. The summed E-state index contributed by atoms with van der Waals surface area (Å²) >= 11 is 0. The third-order valence-corrected chi connectivity index (χ3v) is 3.14. The fraction of sp³-hybridized carbons (Fsp3) is 0.455. The van der Waals surface area contributed by atoms with Crippen LogP contribution in [0.4, 0.5) is 5.69 Å². The van der Waals surface area contributed by atoms with Gasteiger partial charge in [-0.2, -0.15) is 0 Å². The van der Waals surface area contributed by atoms with Crippen LogP contribution in [0.25, 0.3) is 0 Å². The van der Waals surface area contributed by atoms with Crippen molar-refractivity contribution >= 4 is 5.69 Å². The summed E-state index contributed by atoms with van der Waals surface area (Å²) in [6, 6.07) is 9.32. The maximum atomic E-state index is 2.36. The van der Waals surface area contributed by atoms with Crippen molar-refractivity contribution in [2.24, 2.45) is 0 Å². The van der Waals surface area contributed by atoms with E-state index in [-0.39, 0.29) is 0 Å². The van der Waals surface area contributed by atoms with E-state index >= 15 is 0 Å². The van der Waals surface area contributed by atoms with Crippen LogP contribution in [0.3, 0.4) is 0 Å². The second-order valence-corrected chi connectivity index (χ2v) is 3.70. The Bertz CT molecular complexity index is 264. The van der Waals surface area contributed by atoms with Crippen LogP contribution in [-0.4, -0.2) is 13.1 Å². The van der Waals surface area contributed by atoms with Crippen LogP contribution in [-0.2, 0) is 0 Å². The molecule has 2 rings (SSSR count). The first-order valence-corrected chi connectivity index (χ1v) is 4.53. The molecular weight excluding hydrogens is 146 g/mol. The molecule has 12 heavy (non-hydrogen) atoms. The number of hydrogen-bond acceptors (Lipinski definition) is 1. The van der Waals surface area contributed by atoms with Crippen molar-refractivity contribution in [1.82, 2.24) is 0 Å². The van der Waals surface area contributed by atoms with Gasteiger partial charge in [0.05, 0.1) is 0 Å². The van der Waals surface area contributed by atoms with Crippen LogP contribution in [0.5, 0.6) is 0 Å². The molecule has 0 radical (unpaired) electrons. The Balaban J connectivity index is 2.52. The summed E-state index contributed by atoms with van der Waals surface area (Å²) in [6.07, 6.45) is 0. The van der Waals surface area contributed by atoms with Gasteiger partial charge in [-0.25, -0.2) is 0 Å². The molecule has 0 amide bonds. The van der Waals surface area contributed by atoms with Crippen molar-refractivity contribution in [1.29, 1.82) is 0 Å². The van der Waals surface area contributed by atoms with Gasteiger partial charge in [-0.05, 0) is 18.6 Å². The first-order chi connectivity index (χ1) is 5.72. The van der Waals surface area contributed by atoms with Gasteiger partial charge in [0.2, 0.25) is 0 Å². The highest BCUT2D eigenvalue weighted by Gasteiger charge is 2.29. The van der Waals surface area contributed by atoms with Crippen molar-refractivity contribution in [3.8, 4) is 0 Å². The molecule has 1 aromatic carbocycles. The molecule has 1 nitrogen and oxygen atoms in total. The molecule has 0 N–H and O–H groups in total. The minimum Gasteiger partial charge on any atom is -0.371 e. The van der Waals surface area contributed by atoms with E-state index in [4.69, 9.17) is 0 Å². The fourth-order valence-corrected chi connectivity index (χ4v) is 2.01. The van der Waals surface area contributed by atoms with E-state index < -0.39 is 0 Å². The molecule has 0 bridgehead atoms. The highest BCUT2D eigenvalue weighted by Crippen LogP contribution is 2.38. The molecule has 2 unspecified atom stereocenters. The highest BCUT2D eigenvalue weighted by molar-refractivity contribution is 5.60. The van der Waals surface area contributed by atoms with Crippen molar-refractivity contribution < 1.29 is 0 Å². The molecular formula is C11H15N. The van der Waals surface area contributed by atoms with Gasteiger partial charge in [-0.15, -0.1) is 0 Å². The Hall–Kier alpha value is -0.980. The van der Waals surface area contributed by atoms with E-state index in [1.54, 1.807) is 0 Å². The summed E-state index contributed by atoms with van der Waals surface area (Å²) in [6.45, 7) is 4.58. The van der Waals surface area contributed by atoms with Gasteiger partial charge in [-0.3, -0.25) is 0 Å². The fourth-order valence-electron chi connectivity index (χ4n) is 2.01.